The molecule has 38 heavy (non-hydrogen) atoms. The number of esters is 2. The molecule has 1 aromatic carbocycles. The molecule has 4 saturated carbocycles. The maximum atomic E-state index is 13.2. The number of carbonyl (C=O) groups is 3. The van der Waals surface area contributed by atoms with Gasteiger partial charge in [0.15, 0.2) is 5.78 Å². The Kier molecular flexibility index (Phi) is 6.06. The van der Waals surface area contributed by atoms with Crippen LogP contribution in [0, 0.1) is 27.6 Å². The van der Waals surface area contributed by atoms with Crippen molar-refractivity contribution in [1.82, 2.24) is 0 Å². The minimum absolute atomic E-state index is 0.0602. The molecule has 4 aliphatic carbocycles. The molecule has 4 fully saturated rings. The number of hydrogen-bond donors (Lipinski definition) is 3. The van der Waals surface area contributed by atoms with Crippen molar-refractivity contribution in [3.05, 3.63) is 54.1 Å². The van der Waals surface area contributed by atoms with E-state index in [0.29, 0.717) is 12.0 Å². The fourth-order valence-electron chi connectivity index (χ4n) is 9.05. The summed E-state index contributed by atoms with van der Waals surface area (Å²) >= 11 is 0. The Morgan fingerprint density at radius 1 is 1.05 bits per heavy atom. The number of aliphatic hydroxyl groups is 3. The molecule has 3 N–H and O–H groups in total. The molecule has 0 aliphatic heterocycles. The van der Waals surface area contributed by atoms with Crippen LogP contribution in [-0.2, 0) is 23.9 Å². The van der Waals surface area contributed by atoms with Gasteiger partial charge in [0.2, 0.25) is 0 Å². The van der Waals surface area contributed by atoms with Gasteiger partial charge >= 0.3 is 11.9 Å². The van der Waals surface area contributed by atoms with Gasteiger partial charge in [-0.3, -0.25) is 9.59 Å². The third-order valence-corrected chi connectivity index (χ3v) is 10.5. The maximum Gasteiger partial charge on any atom is 0.331 e. The third-order valence-electron chi connectivity index (χ3n) is 10.5. The van der Waals surface area contributed by atoms with Gasteiger partial charge in [-0.15, -0.1) is 0 Å². The van der Waals surface area contributed by atoms with E-state index < -0.39 is 75.8 Å². The number of benzene rings is 1. The van der Waals surface area contributed by atoms with E-state index in [1.807, 2.05) is 44.2 Å². The Morgan fingerprint density at radius 2 is 1.71 bits per heavy atom. The molecule has 0 aromatic heterocycles. The van der Waals surface area contributed by atoms with E-state index in [2.05, 4.69) is 6.58 Å². The van der Waals surface area contributed by atoms with E-state index >= 15 is 0 Å². The van der Waals surface area contributed by atoms with Crippen molar-refractivity contribution in [2.75, 3.05) is 0 Å². The number of aliphatic hydroxyl groups excluding tert-OH is 3. The third kappa shape index (κ3) is 2.99. The molecule has 2 spiro atoms. The van der Waals surface area contributed by atoms with Gasteiger partial charge in [0, 0.05) is 30.3 Å². The highest BCUT2D eigenvalue weighted by Crippen LogP contribution is 2.84. The van der Waals surface area contributed by atoms with Crippen LogP contribution in [0.25, 0.3) is 6.08 Å². The van der Waals surface area contributed by atoms with Crippen LogP contribution in [0.2, 0.25) is 0 Å². The average Bonchev–Trinajstić information content (AvgIpc) is 3.09. The zero-order chi connectivity index (χ0) is 27.8. The first-order valence-corrected chi connectivity index (χ1v) is 13.2. The molecule has 204 valence electrons. The molecular formula is C30H36O8. The molecule has 8 heteroatoms. The summed E-state index contributed by atoms with van der Waals surface area (Å²) in [6.45, 7) is 11.0. The number of carbonyl (C=O) groups excluding carboxylic acids is 3. The van der Waals surface area contributed by atoms with Crippen molar-refractivity contribution in [3.8, 4) is 0 Å². The number of Topliss-reactive ketones (excluding diaryl/α,β-unsaturated/α-hetero) is 1. The van der Waals surface area contributed by atoms with Crippen molar-refractivity contribution in [2.45, 2.75) is 77.5 Å². The monoisotopic (exact) mass is 524 g/mol. The molecule has 9 atom stereocenters. The van der Waals surface area contributed by atoms with Crippen LogP contribution in [0.4, 0.5) is 0 Å². The van der Waals surface area contributed by atoms with Crippen LogP contribution in [0.3, 0.4) is 0 Å². The van der Waals surface area contributed by atoms with Gasteiger partial charge in [-0.05, 0) is 41.4 Å². The van der Waals surface area contributed by atoms with Crippen LogP contribution in [0.1, 0.15) is 52.5 Å². The Bertz CT molecular complexity index is 1220. The van der Waals surface area contributed by atoms with Crippen molar-refractivity contribution in [2.24, 2.45) is 27.6 Å². The molecular weight excluding hydrogens is 488 g/mol. The van der Waals surface area contributed by atoms with Gasteiger partial charge in [-0.25, -0.2) is 4.79 Å². The topological polar surface area (TPSA) is 130 Å². The molecule has 1 aromatic rings. The summed E-state index contributed by atoms with van der Waals surface area (Å²) in [7, 11) is 0. The summed E-state index contributed by atoms with van der Waals surface area (Å²) < 4.78 is 11.6. The van der Waals surface area contributed by atoms with Crippen molar-refractivity contribution < 1.29 is 39.2 Å². The normalized spacial score (nSPS) is 43.0. The molecule has 0 radical (unpaired) electrons. The molecule has 0 saturated heterocycles. The fraction of sp³-hybridized carbons (Fsp3) is 0.567. The first kappa shape index (κ1) is 26.8. The Morgan fingerprint density at radius 3 is 2.34 bits per heavy atom. The first-order chi connectivity index (χ1) is 17.8. The van der Waals surface area contributed by atoms with E-state index in [9.17, 15) is 29.7 Å². The van der Waals surface area contributed by atoms with Crippen LogP contribution in [0.15, 0.2) is 48.6 Å². The number of fused-ring (bicyclic) bond motifs is 1. The molecule has 2 bridgehead atoms. The lowest BCUT2D eigenvalue weighted by Crippen LogP contribution is -2.66. The second kappa shape index (κ2) is 8.60. The summed E-state index contributed by atoms with van der Waals surface area (Å²) in [6.07, 6.45) is -2.76. The smallest absolute Gasteiger partial charge is 0.331 e. The summed E-state index contributed by atoms with van der Waals surface area (Å²) in [4.78, 5) is 38.4. The molecule has 5 rings (SSSR count). The highest BCUT2D eigenvalue weighted by molar-refractivity contribution is 5.88. The first-order valence-electron chi connectivity index (χ1n) is 13.2. The lowest BCUT2D eigenvalue weighted by atomic mass is 9.44. The van der Waals surface area contributed by atoms with Gasteiger partial charge in [0.05, 0.1) is 17.6 Å². The van der Waals surface area contributed by atoms with Crippen LogP contribution >= 0.6 is 0 Å². The largest absolute Gasteiger partial charge is 0.459 e. The Labute approximate surface area is 222 Å². The quantitative estimate of drug-likeness (QED) is 0.311. The summed E-state index contributed by atoms with van der Waals surface area (Å²) in [5.41, 5.74) is -3.96. The molecule has 8 nitrogen and oxygen atoms in total. The van der Waals surface area contributed by atoms with Crippen molar-refractivity contribution >= 4 is 23.8 Å². The number of hydrogen-bond acceptors (Lipinski definition) is 8. The van der Waals surface area contributed by atoms with Crippen molar-refractivity contribution in [1.29, 1.82) is 0 Å². The second-order valence-corrected chi connectivity index (χ2v) is 12.1. The highest BCUT2D eigenvalue weighted by atomic mass is 16.6. The zero-order valence-electron chi connectivity index (χ0n) is 22.2. The SMILES string of the molecule is C=C1C(OC(=O)C=Cc2ccccc2)CCC2(C)C(O)C(OC(C)=O)C34C(O)C(=O)CC(C(O)C123)C4(C)C. The maximum absolute atomic E-state index is 13.2. The summed E-state index contributed by atoms with van der Waals surface area (Å²) in [6, 6.07) is 9.28. The summed E-state index contributed by atoms with van der Waals surface area (Å²) in [5, 5.41) is 35.6. The standard InChI is InChI=1S/C30H36O8/c1-16-21(38-22(33)12-11-18-9-7-6-8-10-18)13-14-28(5)25(36)26(37-17(2)31)30-24(35)20(32)15-19(27(30,3)4)23(34)29(16,28)30/h6-12,19,21,23-26,34-36H,1,13-15H2,2-5H3. The number of rotatable bonds is 4. The van der Waals surface area contributed by atoms with Crippen LogP contribution in [0.5, 0.6) is 0 Å². The summed E-state index contributed by atoms with van der Waals surface area (Å²) in [5.74, 6) is -2.33. The van der Waals surface area contributed by atoms with Gasteiger partial charge in [0.1, 0.15) is 18.3 Å². The highest BCUT2D eigenvalue weighted by Gasteiger charge is 2.91. The second-order valence-electron chi connectivity index (χ2n) is 12.1. The van der Waals surface area contributed by atoms with E-state index in [1.54, 1.807) is 13.0 Å². The van der Waals surface area contributed by atoms with E-state index in [1.165, 1.54) is 13.0 Å². The Hall–Kier alpha value is -2.81. The molecule has 9 unspecified atom stereocenters. The number of ketones is 1. The van der Waals surface area contributed by atoms with E-state index in [4.69, 9.17) is 9.47 Å². The Balaban J connectivity index is 1.62. The fourth-order valence-corrected chi connectivity index (χ4v) is 9.05. The number of ether oxygens (including phenoxy) is 2. The van der Waals surface area contributed by atoms with Crippen LogP contribution in [-0.4, -0.2) is 63.6 Å². The minimum Gasteiger partial charge on any atom is -0.459 e. The molecule has 4 aliphatic rings. The van der Waals surface area contributed by atoms with Gasteiger partial charge in [-0.1, -0.05) is 57.7 Å². The predicted octanol–water partition coefficient (Wildman–Crippen LogP) is 2.60. The van der Waals surface area contributed by atoms with Crippen molar-refractivity contribution in [3.63, 3.8) is 0 Å². The predicted molar refractivity (Wildman–Crippen MR) is 137 cm³/mol. The van der Waals surface area contributed by atoms with Gasteiger partial charge < -0.3 is 24.8 Å². The lowest BCUT2D eigenvalue weighted by molar-refractivity contribution is -0.205. The average molecular weight is 525 g/mol. The lowest BCUT2D eigenvalue weighted by Gasteiger charge is -2.60. The van der Waals surface area contributed by atoms with Crippen LogP contribution < -0.4 is 0 Å². The van der Waals surface area contributed by atoms with E-state index in [0.717, 1.165) is 5.56 Å². The van der Waals surface area contributed by atoms with Gasteiger partial charge in [0.25, 0.3) is 0 Å². The molecule has 0 heterocycles. The molecule has 0 amide bonds. The van der Waals surface area contributed by atoms with Gasteiger partial charge in [-0.2, -0.15) is 0 Å². The van der Waals surface area contributed by atoms with E-state index in [-0.39, 0.29) is 12.8 Å². The minimum atomic E-state index is -1.63. The zero-order valence-corrected chi connectivity index (χ0v) is 22.2.